The fraction of sp³-hybridized carbons (Fsp3) is 0.235. The van der Waals surface area contributed by atoms with Crippen LogP contribution in [0.15, 0.2) is 41.2 Å². The average Bonchev–Trinajstić information content (AvgIpc) is 3.19. The van der Waals surface area contributed by atoms with E-state index in [1.807, 2.05) is 0 Å². The molecule has 0 aliphatic heterocycles. The number of benzene rings is 1. The minimum atomic E-state index is -4.40. The number of aryl methyl sites for hydroxylation is 1. The maximum Gasteiger partial charge on any atom is 0.416 e. The van der Waals surface area contributed by atoms with Gasteiger partial charge in [0.15, 0.2) is 5.69 Å². The van der Waals surface area contributed by atoms with Crippen LogP contribution in [0.1, 0.15) is 32.9 Å². The summed E-state index contributed by atoms with van der Waals surface area (Å²) in [6, 6.07) is 4.55. The number of alkyl halides is 3. The first kappa shape index (κ1) is 19.0. The zero-order valence-electron chi connectivity index (χ0n) is 14.0. The maximum atomic E-state index is 12.6. The summed E-state index contributed by atoms with van der Waals surface area (Å²) in [5.41, 5.74) is 0.410. The van der Waals surface area contributed by atoms with Gasteiger partial charge in [-0.05, 0) is 24.6 Å². The van der Waals surface area contributed by atoms with Crippen LogP contribution in [0.25, 0.3) is 0 Å². The normalized spacial score (nSPS) is 11.6. The molecule has 10 heteroatoms. The molecule has 0 radical (unpaired) electrons. The smallest absolute Gasteiger partial charge is 0.361 e. The highest BCUT2D eigenvalue weighted by Gasteiger charge is 2.30. The van der Waals surface area contributed by atoms with Crippen molar-refractivity contribution in [2.45, 2.75) is 26.2 Å². The van der Waals surface area contributed by atoms with Crippen molar-refractivity contribution in [1.29, 1.82) is 0 Å². The van der Waals surface area contributed by atoms with Gasteiger partial charge in [-0.15, -0.1) is 0 Å². The van der Waals surface area contributed by atoms with Gasteiger partial charge in [0.05, 0.1) is 23.3 Å². The average molecular weight is 399 g/mol. The number of hydrogen-bond donors (Lipinski definition) is 1. The Morgan fingerprint density at radius 2 is 2.00 bits per heavy atom. The van der Waals surface area contributed by atoms with Crippen molar-refractivity contribution in [3.63, 3.8) is 0 Å². The summed E-state index contributed by atoms with van der Waals surface area (Å²) in [6.07, 6.45) is -1.34. The van der Waals surface area contributed by atoms with Gasteiger partial charge in [0.2, 0.25) is 0 Å². The van der Waals surface area contributed by atoms with Crippen LogP contribution in [0.4, 0.5) is 13.2 Å². The molecule has 1 aromatic carbocycles. The van der Waals surface area contributed by atoms with E-state index in [1.165, 1.54) is 23.0 Å². The fourth-order valence-corrected chi connectivity index (χ4v) is 2.58. The van der Waals surface area contributed by atoms with Crippen LogP contribution in [0.2, 0.25) is 5.02 Å². The molecule has 3 aromatic rings. The number of nitrogens with one attached hydrogen (secondary N) is 1. The first-order valence-corrected chi connectivity index (χ1v) is 8.19. The molecule has 3 rings (SSSR count). The molecule has 0 saturated carbocycles. The number of rotatable bonds is 5. The summed E-state index contributed by atoms with van der Waals surface area (Å²) in [4.78, 5) is 12.4. The number of amides is 1. The first-order valence-electron chi connectivity index (χ1n) is 7.81. The van der Waals surface area contributed by atoms with E-state index in [0.29, 0.717) is 21.9 Å². The van der Waals surface area contributed by atoms with Crippen LogP contribution in [0, 0.1) is 6.92 Å². The third-order valence-corrected chi connectivity index (χ3v) is 4.05. The van der Waals surface area contributed by atoms with Gasteiger partial charge in [0.1, 0.15) is 5.76 Å². The summed E-state index contributed by atoms with van der Waals surface area (Å²) in [5, 5.41) is 10.9. The molecular formula is C17H14ClF3N4O2. The Morgan fingerprint density at radius 3 is 2.59 bits per heavy atom. The number of halogens is 4. The maximum absolute atomic E-state index is 12.6. The van der Waals surface area contributed by atoms with Crippen molar-refractivity contribution in [3.8, 4) is 0 Å². The van der Waals surface area contributed by atoms with E-state index < -0.39 is 17.6 Å². The highest BCUT2D eigenvalue weighted by molar-refractivity contribution is 6.30. The van der Waals surface area contributed by atoms with Gasteiger partial charge in [-0.1, -0.05) is 28.9 Å². The Bertz CT molecular complexity index is 948. The predicted molar refractivity (Wildman–Crippen MR) is 90.2 cm³/mol. The lowest BCUT2D eigenvalue weighted by Crippen LogP contribution is -2.24. The zero-order valence-corrected chi connectivity index (χ0v) is 14.8. The molecule has 0 unspecified atom stereocenters. The zero-order chi connectivity index (χ0) is 19.6. The predicted octanol–water partition coefficient (Wildman–Crippen LogP) is 3.83. The SMILES string of the molecule is Cc1onc(C(=O)NCc2ccc(C(F)(F)F)cc2)c1Cn1cc(Cl)cn1. The molecule has 0 bridgehead atoms. The van der Waals surface area contributed by atoms with Crippen LogP contribution in [0.5, 0.6) is 0 Å². The number of carbonyl (C=O) groups is 1. The Hall–Kier alpha value is -2.81. The topological polar surface area (TPSA) is 73.0 Å². The molecule has 6 nitrogen and oxygen atoms in total. The van der Waals surface area contributed by atoms with Gasteiger partial charge in [-0.2, -0.15) is 18.3 Å². The number of hydrogen-bond acceptors (Lipinski definition) is 4. The van der Waals surface area contributed by atoms with Crippen molar-refractivity contribution >= 4 is 17.5 Å². The van der Waals surface area contributed by atoms with Crippen LogP contribution in [-0.2, 0) is 19.3 Å². The molecule has 0 saturated heterocycles. The second kappa shape index (κ2) is 7.43. The molecule has 2 aromatic heterocycles. The summed E-state index contributed by atoms with van der Waals surface area (Å²) in [7, 11) is 0. The van der Waals surface area contributed by atoms with Crippen LogP contribution >= 0.6 is 11.6 Å². The Morgan fingerprint density at radius 1 is 1.30 bits per heavy atom. The molecule has 142 valence electrons. The molecule has 0 spiro atoms. The van der Waals surface area contributed by atoms with E-state index in [1.54, 1.807) is 13.1 Å². The minimum Gasteiger partial charge on any atom is -0.361 e. The highest BCUT2D eigenvalue weighted by atomic mass is 35.5. The molecule has 0 aliphatic rings. The Balaban J connectivity index is 1.68. The highest BCUT2D eigenvalue weighted by Crippen LogP contribution is 2.29. The summed E-state index contributed by atoms with van der Waals surface area (Å²) in [6.45, 7) is 1.96. The van der Waals surface area contributed by atoms with E-state index in [0.717, 1.165) is 12.1 Å². The van der Waals surface area contributed by atoms with Crippen LogP contribution < -0.4 is 5.32 Å². The molecule has 27 heavy (non-hydrogen) atoms. The lowest BCUT2D eigenvalue weighted by molar-refractivity contribution is -0.137. The van der Waals surface area contributed by atoms with Crippen LogP contribution in [-0.4, -0.2) is 20.8 Å². The van der Waals surface area contributed by atoms with Crippen LogP contribution in [0.3, 0.4) is 0 Å². The first-order chi connectivity index (χ1) is 12.7. The van der Waals surface area contributed by atoms with Crippen molar-refractivity contribution in [2.75, 3.05) is 0 Å². The standard InChI is InChI=1S/C17H14ClF3N4O2/c1-10-14(9-25-8-13(18)7-23-25)15(24-27-10)16(26)22-6-11-2-4-12(5-3-11)17(19,20)21/h2-5,7-8H,6,9H2,1H3,(H,22,26). The van der Waals surface area contributed by atoms with Crippen molar-refractivity contribution < 1.29 is 22.5 Å². The summed E-state index contributed by atoms with van der Waals surface area (Å²) in [5.74, 6) is -0.0405. The third-order valence-electron chi connectivity index (χ3n) is 3.86. The van der Waals surface area contributed by atoms with Gasteiger partial charge in [0.25, 0.3) is 5.91 Å². The molecule has 0 fully saturated rings. The summed E-state index contributed by atoms with van der Waals surface area (Å²) < 4.78 is 44.4. The van der Waals surface area contributed by atoms with Gasteiger partial charge in [-0.25, -0.2) is 0 Å². The van der Waals surface area contributed by atoms with E-state index in [9.17, 15) is 18.0 Å². The van der Waals surface area contributed by atoms with E-state index in [2.05, 4.69) is 15.6 Å². The quantitative estimate of drug-likeness (QED) is 0.709. The van der Waals surface area contributed by atoms with E-state index >= 15 is 0 Å². The number of nitrogens with zero attached hydrogens (tertiary/aromatic N) is 3. The third kappa shape index (κ3) is 4.48. The lowest BCUT2D eigenvalue weighted by atomic mass is 10.1. The fourth-order valence-electron chi connectivity index (χ4n) is 2.42. The molecule has 0 atom stereocenters. The van der Waals surface area contributed by atoms with Gasteiger partial charge >= 0.3 is 6.18 Å². The van der Waals surface area contributed by atoms with Gasteiger partial charge in [-0.3, -0.25) is 9.48 Å². The molecule has 1 amide bonds. The van der Waals surface area contributed by atoms with Gasteiger partial charge < -0.3 is 9.84 Å². The molecule has 2 heterocycles. The molecular weight excluding hydrogens is 385 g/mol. The molecule has 0 aliphatic carbocycles. The van der Waals surface area contributed by atoms with E-state index in [-0.39, 0.29) is 18.8 Å². The van der Waals surface area contributed by atoms with Crippen molar-refractivity contribution in [1.82, 2.24) is 20.3 Å². The second-order valence-corrected chi connectivity index (χ2v) is 6.24. The molecule has 1 N–H and O–H groups in total. The number of carbonyl (C=O) groups excluding carboxylic acids is 1. The van der Waals surface area contributed by atoms with Crippen molar-refractivity contribution in [2.24, 2.45) is 0 Å². The monoisotopic (exact) mass is 398 g/mol. The van der Waals surface area contributed by atoms with E-state index in [4.69, 9.17) is 16.1 Å². The van der Waals surface area contributed by atoms with Gasteiger partial charge in [0, 0.05) is 18.3 Å². The Labute approximate surface area is 156 Å². The number of aromatic nitrogens is 3. The second-order valence-electron chi connectivity index (χ2n) is 5.80. The largest absolute Gasteiger partial charge is 0.416 e. The Kier molecular flexibility index (Phi) is 5.22. The minimum absolute atomic E-state index is 0.0515. The lowest BCUT2D eigenvalue weighted by Gasteiger charge is -2.08. The summed E-state index contributed by atoms with van der Waals surface area (Å²) >= 11 is 5.83. The van der Waals surface area contributed by atoms with Crippen molar-refractivity contribution in [3.05, 3.63) is 69.8 Å².